The second kappa shape index (κ2) is 8.06. The third-order valence-corrected chi connectivity index (χ3v) is 2.29. The van der Waals surface area contributed by atoms with Crippen molar-refractivity contribution >= 4 is 5.91 Å². The number of hydrogen-bond acceptors (Lipinski definition) is 4. The molecule has 0 aliphatic heterocycles. The highest BCUT2D eigenvalue weighted by Gasteiger charge is 2.07. The number of rotatable bonds is 7. The van der Waals surface area contributed by atoms with E-state index in [0.29, 0.717) is 6.54 Å². The van der Waals surface area contributed by atoms with Gasteiger partial charge in [-0.3, -0.25) is 4.79 Å². The van der Waals surface area contributed by atoms with Gasteiger partial charge in [-0.15, -0.1) is 0 Å². The molecule has 0 unspecified atom stereocenters. The maximum atomic E-state index is 13.6. The van der Waals surface area contributed by atoms with Crippen LogP contribution in [0.3, 0.4) is 0 Å². The molecule has 19 heavy (non-hydrogen) atoms. The lowest BCUT2D eigenvalue weighted by atomic mass is 10.2. The number of halogens is 1. The second-order valence-corrected chi connectivity index (χ2v) is 3.84. The molecule has 0 radical (unpaired) electrons. The third kappa shape index (κ3) is 5.36. The molecule has 0 aliphatic rings. The topological polar surface area (TPSA) is 74.2 Å². The average Bonchev–Trinajstić information content (AvgIpc) is 2.38. The zero-order valence-corrected chi connectivity index (χ0v) is 10.7. The zero-order valence-electron chi connectivity index (χ0n) is 10.7. The first-order valence-electron chi connectivity index (χ1n) is 5.87. The van der Waals surface area contributed by atoms with Crippen LogP contribution in [0.2, 0.25) is 0 Å². The van der Waals surface area contributed by atoms with Gasteiger partial charge in [0.1, 0.15) is 0 Å². The van der Waals surface area contributed by atoms with Crippen molar-refractivity contribution in [2.75, 3.05) is 20.2 Å². The summed E-state index contributed by atoms with van der Waals surface area (Å²) in [6.45, 7) is 0.557. The van der Waals surface area contributed by atoms with Gasteiger partial charge in [0.15, 0.2) is 18.2 Å². The minimum absolute atomic E-state index is 0.0373. The molecule has 0 saturated carbocycles. The number of nitrogens with zero attached hydrogens (tertiary/aromatic N) is 1. The Bertz CT molecular complexity index is 471. The van der Waals surface area contributed by atoms with E-state index in [2.05, 4.69) is 10.6 Å². The van der Waals surface area contributed by atoms with Crippen LogP contribution in [0, 0.1) is 17.1 Å². The summed E-state index contributed by atoms with van der Waals surface area (Å²) < 4.78 is 18.7. The average molecular weight is 265 g/mol. The van der Waals surface area contributed by atoms with Gasteiger partial charge in [0.25, 0.3) is 5.91 Å². The Morgan fingerprint density at radius 2 is 2.32 bits per heavy atom. The summed E-state index contributed by atoms with van der Waals surface area (Å²) in [5, 5.41) is 13.7. The molecule has 6 heteroatoms. The SMILES string of the molecule is CNCc1ccc(OCC(=O)NCCC#N)c(F)c1. The van der Waals surface area contributed by atoms with E-state index in [9.17, 15) is 9.18 Å². The van der Waals surface area contributed by atoms with E-state index in [0.717, 1.165) is 5.56 Å². The number of hydrogen-bond donors (Lipinski definition) is 2. The van der Waals surface area contributed by atoms with Crippen molar-refractivity contribution in [1.82, 2.24) is 10.6 Å². The van der Waals surface area contributed by atoms with Gasteiger partial charge in [0.2, 0.25) is 0 Å². The molecule has 0 spiro atoms. The predicted molar refractivity (Wildman–Crippen MR) is 67.9 cm³/mol. The standard InChI is InChI=1S/C13H16FN3O2/c1-16-8-10-3-4-12(11(14)7-10)19-9-13(18)17-6-2-5-15/h3-4,7,16H,2,6,8-9H2,1H3,(H,17,18). The molecular weight excluding hydrogens is 249 g/mol. The van der Waals surface area contributed by atoms with Crippen molar-refractivity contribution in [2.45, 2.75) is 13.0 Å². The Kier molecular flexibility index (Phi) is 6.33. The van der Waals surface area contributed by atoms with Crippen LogP contribution < -0.4 is 15.4 Å². The maximum absolute atomic E-state index is 13.6. The lowest BCUT2D eigenvalue weighted by molar-refractivity contribution is -0.123. The van der Waals surface area contributed by atoms with Gasteiger partial charge in [-0.05, 0) is 24.7 Å². The third-order valence-electron chi connectivity index (χ3n) is 2.29. The number of nitrogens with one attached hydrogen (secondary N) is 2. The fourth-order valence-corrected chi connectivity index (χ4v) is 1.43. The van der Waals surface area contributed by atoms with E-state index in [1.165, 1.54) is 12.1 Å². The number of ether oxygens (including phenoxy) is 1. The Morgan fingerprint density at radius 1 is 1.53 bits per heavy atom. The van der Waals surface area contributed by atoms with Crippen molar-refractivity contribution in [3.8, 4) is 11.8 Å². The van der Waals surface area contributed by atoms with Gasteiger partial charge in [-0.25, -0.2) is 4.39 Å². The summed E-state index contributed by atoms with van der Waals surface area (Å²) in [7, 11) is 1.77. The first-order valence-corrected chi connectivity index (χ1v) is 5.87. The first kappa shape index (κ1) is 14.9. The van der Waals surface area contributed by atoms with Crippen LogP contribution >= 0.6 is 0 Å². The highest BCUT2D eigenvalue weighted by atomic mass is 19.1. The molecule has 0 aliphatic carbocycles. The fraction of sp³-hybridized carbons (Fsp3) is 0.385. The van der Waals surface area contributed by atoms with Crippen LogP contribution in [0.1, 0.15) is 12.0 Å². The van der Waals surface area contributed by atoms with Gasteiger partial charge in [-0.2, -0.15) is 5.26 Å². The largest absolute Gasteiger partial charge is 0.481 e. The molecule has 1 aromatic carbocycles. The minimum atomic E-state index is -0.502. The molecule has 0 atom stereocenters. The van der Waals surface area contributed by atoms with E-state index in [-0.39, 0.29) is 31.2 Å². The van der Waals surface area contributed by atoms with E-state index < -0.39 is 5.82 Å². The Balaban J connectivity index is 2.45. The van der Waals surface area contributed by atoms with Crippen molar-refractivity contribution in [3.05, 3.63) is 29.6 Å². The van der Waals surface area contributed by atoms with E-state index in [1.54, 1.807) is 13.1 Å². The predicted octanol–water partition coefficient (Wildman–Crippen LogP) is 0.954. The second-order valence-electron chi connectivity index (χ2n) is 3.84. The number of benzene rings is 1. The lowest BCUT2D eigenvalue weighted by Gasteiger charge is -2.08. The molecule has 1 rings (SSSR count). The molecular formula is C13H16FN3O2. The van der Waals surface area contributed by atoms with Gasteiger partial charge < -0.3 is 15.4 Å². The van der Waals surface area contributed by atoms with Gasteiger partial charge in [0.05, 0.1) is 12.5 Å². The molecule has 0 fully saturated rings. The summed E-state index contributed by atoms with van der Waals surface area (Å²) in [5.41, 5.74) is 0.797. The number of amides is 1. The number of nitriles is 1. The molecule has 5 nitrogen and oxygen atoms in total. The first-order chi connectivity index (χ1) is 9.17. The van der Waals surface area contributed by atoms with Gasteiger partial charge >= 0.3 is 0 Å². The summed E-state index contributed by atoms with van der Waals surface area (Å²) in [5.74, 6) is -0.846. The van der Waals surface area contributed by atoms with Crippen LogP contribution in [-0.2, 0) is 11.3 Å². The van der Waals surface area contributed by atoms with Crippen LogP contribution in [0.25, 0.3) is 0 Å². The maximum Gasteiger partial charge on any atom is 0.257 e. The summed E-state index contributed by atoms with van der Waals surface area (Å²) >= 11 is 0. The molecule has 102 valence electrons. The molecule has 1 aromatic rings. The summed E-state index contributed by atoms with van der Waals surface area (Å²) in [6, 6.07) is 6.48. The van der Waals surface area contributed by atoms with Gasteiger partial charge in [-0.1, -0.05) is 6.07 Å². The Hall–Kier alpha value is -2.13. The number of carbonyl (C=O) groups excluding carboxylic acids is 1. The van der Waals surface area contributed by atoms with Gasteiger partial charge in [0, 0.05) is 13.1 Å². The van der Waals surface area contributed by atoms with Crippen molar-refractivity contribution < 1.29 is 13.9 Å². The summed E-state index contributed by atoms with van der Waals surface area (Å²) in [6.07, 6.45) is 0.235. The number of carbonyl (C=O) groups is 1. The Labute approximate surface area is 111 Å². The quantitative estimate of drug-likeness (QED) is 0.720. The molecule has 0 heterocycles. The van der Waals surface area contributed by atoms with E-state index in [4.69, 9.17) is 10.00 Å². The lowest BCUT2D eigenvalue weighted by Crippen LogP contribution is -2.29. The van der Waals surface area contributed by atoms with Crippen molar-refractivity contribution in [1.29, 1.82) is 5.26 Å². The minimum Gasteiger partial charge on any atom is -0.481 e. The Morgan fingerprint density at radius 3 is 2.95 bits per heavy atom. The van der Waals surface area contributed by atoms with E-state index in [1.807, 2.05) is 6.07 Å². The molecule has 2 N–H and O–H groups in total. The highest BCUT2D eigenvalue weighted by Crippen LogP contribution is 2.18. The van der Waals surface area contributed by atoms with Crippen LogP contribution in [0.5, 0.6) is 5.75 Å². The van der Waals surface area contributed by atoms with Crippen molar-refractivity contribution in [3.63, 3.8) is 0 Å². The normalized spacial score (nSPS) is 9.74. The smallest absolute Gasteiger partial charge is 0.257 e. The monoisotopic (exact) mass is 265 g/mol. The molecule has 0 bridgehead atoms. The fourth-order valence-electron chi connectivity index (χ4n) is 1.43. The van der Waals surface area contributed by atoms with Crippen molar-refractivity contribution in [2.24, 2.45) is 0 Å². The van der Waals surface area contributed by atoms with E-state index >= 15 is 0 Å². The molecule has 0 saturated heterocycles. The van der Waals surface area contributed by atoms with Crippen LogP contribution in [0.15, 0.2) is 18.2 Å². The highest BCUT2D eigenvalue weighted by molar-refractivity contribution is 5.77. The van der Waals surface area contributed by atoms with Crippen LogP contribution in [0.4, 0.5) is 4.39 Å². The molecule has 1 amide bonds. The summed E-state index contributed by atoms with van der Waals surface area (Å²) in [4.78, 5) is 11.3. The van der Waals surface area contributed by atoms with Crippen LogP contribution in [-0.4, -0.2) is 26.1 Å². The molecule has 0 aromatic heterocycles. The zero-order chi connectivity index (χ0) is 14.1.